The number of nitrogens with zero attached hydrogens (tertiary/aromatic N) is 1. The van der Waals surface area contributed by atoms with Gasteiger partial charge in [0, 0.05) is 19.5 Å². The highest BCUT2D eigenvalue weighted by Crippen LogP contribution is 2.27. The van der Waals surface area contributed by atoms with Gasteiger partial charge in [0.25, 0.3) is 0 Å². The standard InChI is InChI=1S/C19H21NO/c1-20-12-11-19(21)18(14-20)17-10-6-5-9-16(17)13-15-7-3-2-4-8-15/h2-10,18H,11-14H2,1H3. The fourth-order valence-corrected chi connectivity index (χ4v) is 3.10. The molecular weight excluding hydrogens is 258 g/mol. The third-order valence-corrected chi connectivity index (χ3v) is 4.29. The number of likely N-dealkylation sites (tertiary alicyclic amines) is 1. The molecule has 108 valence electrons. The Hall–Kier alpha value is -1.93. The molecule has 2 heteroatoms. The summed E-state index contributed by atoms with van der Waals surface area (Å²) < 4.78 is 0. The molecule has 1 saturated heterocycles. The van der Waals surface area contributed by atoms with E-state index in [0.717, 1.165) is 19.5 Å². The third-order valence-electron chi connectivity index (χ3n) is 4.29. The normalized spacial score (nSPS) is 19.7. The number of ketones is 1. The largest absolute Gasteiger partial charge is 0.305 e. The Morgan fingerprint density at radius 3 is 2.57 bits per heavy atom. The van der Waals surface area contributed by atoms with E-state index in [-0.39, 0.29) is 5.92 Å². The second-order valence-corrected chi connectivity index (χ2v) is 5.89. The Morgan fingerprint density at radius 2 is 1.76 bits per heavy atom. The molecule has 1 atom stereocenters. The van der Waals surface area contributed by atoms with Crippen LogP contribution in [0.1, 0.15) is 29.0 Å². The fraction of sp³-hybridized carbons (Fsp3) is 0.316. The highest BCUT2D eigenvalue weighted by molar-refractivity contribution is 5.87. The van der Waals surface area contributed by atoms with Crippen LogP contribution in [0.5, 0.6) is 0 Å². The molecule has 1 aliphatic rings. The Bertz CT molecular complexity index is 620. The number of Topliss-reactive ketones (excluding diaryl/α,β-unsaturated/α-hetero) is 1. The Labute approximate surface area is 126 Å². The quantitative estimate of drug-likeness (QED) is 0.859. The molecule has 1 heterocycles. The Kier molecular flexibility index (Phi) is 4.16. The number of rotatable bonds is 3. The number of likely N-dealkylation sites (N-methyl/N-ethyl adjacent to an activating group) is 1. The van der Waals surface area contributed by atoms with Gasteiger partial charge in [0.05, 0.1) is 5.92 Å². The summed E-state index contributed by atoms with van der Waals surface area (Å²) in [5, 5.41) is 0. The summed E-state index contributed by atoms with van der Waals surface area (Å²) in [7, 11) is 2.10. The third kappa shape index (κ3) is 3.22. The molecule has 0 amide bonds. The van der Waals surface area contributed by atoms with Gasteiger partial charge in [-0.1, -0.05) is 54.6 Å². The Balaban J connectivity index is 1.90. The van der Waals surface area contributed by atoms with E-state index in [2.05, 4.69) is 54.4 Å². The van der Waals surface area contributed by atoms with Gasteiger partial charge < -0.3 is 4.90 Å². The molecule has 0 saturated carbocycles. The van der Waals surface area contributed by atoms with E-state index in [1.165, 1.54) is 16.7 Å². The Morgan fingerprint density at radius 1 is 1.05 bits per heavy atom. The van der Waals surface area contributed by atoms with Gasteiger partial charge in [-0.25, -0.2) is 0 Å². The molecule has 1 fully saturated rings. The van der Waals surface area contributed by atoms with Gasteiger partial charge in [0.15, 0.2) is 0 Å². The molecular formula is C19H21NO. The first-order chi connectivity index (χ1) is 10.2. The smallest absolute Gasteiger partial charge is 0.142 e. The van der Waals surface area contributed by atoms with Gasteiger partial charge in [-0.2, -0.15) is 0 Å². The SMILES string of the molecule is CN1CCC(=O)C(c2ccccc2Cc2ccccc2)C1. The van der Waals surface area contributed by atoms with Crippen molar-refractivity contribution >= 4 is 5.78 Å². The molecule has 0 aliphatic carbocycles. The lowest BCUT2D eigenvalue weighted by molar-refractivity contribution is -0.123. The van der Waals surface area contributed by atoms with Crippen LogP contribution >= 0.6 is 0 Å². The predicted molar refractivity (Wildman–Crippen MR) is 85.6 cm³/mol. The van der Waals surface area contributed by atoms with Crippen molar-refractivity contribution in [1.29, 1.82) is 0 Å². The van der Waals surface area contributed by atoms with Gasteiger partial charge in [-0.15, -0.1) is 0 Å². The lowest BCUT2D eigenvalue weighted by atomic mass is 9.85. The molecule has 1 unspecified atom stereocenters. The van der Waals surface area contributed by atoms with Crippen molar-refractivity contribution in [2.45, 2.75) is 18.8 Å². The highest BCUT2D eigenvalue weighted by Gasteiger charge is 2.28. The van der Waals surface area contributed by atoms with Gasteiger partial charge >= 0.3 is 0 Å². The van der Waals surface area contributed by atoms with Crippen molar-refractivity contribution in [3.8, 4) is 0 Å². The highest BCUT2D eigenvalue weighted by atomic mass is 16.1. The molecule has 0 spiro atoms. The molecule has 0 N–H and O–H groups in total. The molecule has 2 nitrogen and oxygen atoms in total. The van der Waals surface area contributed by atoms with Crippen LogP contribution in [0.25, 0.3) is 0 Å². The van der Waals surface area contributed by atoms with E-state index < -0.39 is 0 Å². The number of hydrogen-bond acceptors (Lipinski definition) is 2. The lowest BCUT2D eigenvalue weighted by Gasteiger charge is -2.30. The van der Waals surface area contributed by atoms with Crippen LogP contribution in [0.4, 0.5) is 0 Å². The van der Waals surface area contributed by atoms with Crippen molar-refractivity contribution in [3.63, 3.8) is 0 Å². The average Bonchev–Trinajstić information content (AvgIpc) is 2.51. The number of carbonyl (C=O) groups is 1. The van der Waals surface area contributed by atoms with E-state index >= 15 is 0 Å². The van der Waals surface area contributed by atoms with Crippen LogP contribution in [0.2, 0.25) is 0 Å². The summed E-state index contributed by atoms with van der Waals surface area (Å²) in [6.07, 6.45) is 1.56. The second kappa shape index (κ2) is 6.23. The second-order valence-electron chi connectivity index (χ2n) is 5.89. The van der Waals surface area contributed by atoms with Crippen molar-refractivity contribution in [3.05, 3.63) is 71.3 Å². The van der Waals surface area contributed by atoms with Crippen molar-refractivity contribution in [2.24, 2.45) is 0 Å². The first-order valence-electron chi connectivity index (χ1n) is 7.57. The average molecular weight is 279 g/mol. The maximum atomic E-state index is 12.3. The first-order valence-corrected chi connectivity index (χ1v) is 7.57. The predicted octanol–water partition coefficient (Wildman–Crippen LogP) is 3.27. The van der Waals surface area contributed by atoms with E-state index in [1.807, 2.05) is 12.1 Å². The maximum absolute atomic E-state index is 12.3. The zero-order valence-electron chi connectivity index (χ0n) is 12.5. The van der Waals surface area contributed by atoms with Crippen molar-refractivity contribution in [1.82, 2.24) is 4.90 Å². The number of hydrogen-bond donors (Lipinski definition) is 0. The van der Waals surface area contributed by atoms with E-state index in [4.69, 9.17) is 0 Å². The number of piperidine rings is 1. The monoisotopic (exact) mass is 279 g/mol. The summed E-state index contributed by atoms with van der Waals surface area (Å²) in [5.41, 5.74) is 3.77. The molecule has 1 aliphatic heterocycles. The molecule has 2 aromatic rings. The number of carbonyl (C=O) groups excluding carboxylic acids is 1. The van der Waals surface area contributed by atoms with Gasteiger partial charge in [-0.3, -0.25) is 4.79 Å². The van der Waals surface area contributed by atoms with E-state index in [0.29, 0.717) is 12.2 Å². The lowest BCUT2D eigenvalue weighted by Crippen LogP contribution is -2.37. The zero-order valence-corrected chi connectivity index (χ0v) is 12.5. The zero-order chi connectivity index (χ0) is 14.7. The van der Waals surface area contributed by atoms with E-state index in [9.17, 15) is 4.79 Å². The maximum Gasteiger partial charge on any atom is 0.142 e. The minimum atomic E-state index is 0.0312. The molecule has 21 heavy (non-hydrogen) atoms. The molecule has 3 rings (SSSR count). The molecule has 2 aromatic carbocycles. The molecule has 0 bridgehead atoms. The summed E-state index contributed by atoms with van der Waals surface area (Å²) in [5.74, 6) is 0.414. The summed E-state index contributed by atoms with van der Waals surface area (Å²) in [4.78, 5) is 14.6. The summed E-state index contributed by atoms with van der Waals surface area (Å²) >= 11 is 0. The summed E-state index contributed by atoms with van der Waals surface area (Å²) in [6, 6.07) is 18.9. The number of benzene rings is 2. The van der Waals surface area contributed by atoms with Gasteiger partial charge in [0.2, 0.25) is 0 Å². The van der Waals surface area contributed by atoms with Crippen LogP contribution in [-0.4, -0.2) is 30.8 Å². The van der Waals surface area contributed by atoms with Crippen LogP contribution in [0.15, 0.2) is 54.6 Å². The molecule has 0 radical (unpaired) electrons. The topological polar surface area (TPSA) is 20.3 Å². The van der Waals surface area contributed by atoms with Gasteiger partial charge in [0.1, 0.15) is 5.78 Å². The van der Waals surface area contributed by atoms with E-state index in [1.54, 1.807) is 0 Å². The summed E-state index contributed by atoms with van der Waals surface area (Å²) in [6.45, 7) is 1.72. The van der Waals surface area contributed by atoms with Crippen LogP contribution in [0.3, 0.4) is 0 Å². The van der Waals surface area contributed by atoms with Crippen LogP contribution in [-0.2, 0) is 11.2 Å². The fourth-order valence-electron chi connectivity index (χ4n) is 3.10. The van der Waals surface area contributed by atoms with Crippen molar-refractivity contribution < 1.29 is 4.79 Å². The molecule has 0 aromatic heterocycles. The van der Waals surface area contributed by atoms with Crippen LogP contribution in [0, 0.1) is 0 Å². The minimum Gasteiger partial charge on any atom is -0.305 e. The first kappa shape index (κ1) is 14.0. The van der Waals surface area contributed by atoms with Crippen LogP contribution < -0.4 is 0 Å². The minimum absolute atomic E-state index is 0.0312. The van der Waals surface area contributed by atoms with Gasteiger partial charge in [-0.05, 0) is 30.2 Å². The van der Waals surface area contributed by atoms with Crippen molar-refractivity contribution in [2.75, 3.05) is 20.1 Å².